The Bertz CT molecular complexity index is 619. The van der Waals surface area contributed by atoms with E-state index in [9.17, 15) is 9.59 Å². The van der Waals surface area contributed by atoms with Crippen LogP contribution in [0.25, 0.3) is 0 Å². The molecule has 4 nitrogen and oxygen atoms in total. The predicted octanol–water partition coefficient (Wildman–Crippen LogP) is 2.73. The number of benzene rings is 1. The first-order valence-corrected chi connectivity index (χ1v) is 7.50. The van der Waals surface area contributed by atoms with Gasteiger partial charge in [-0.05, 0) is 43.9 Å². The van der Waals surface area contributed by atoms with Crippen LogP contribution < -0.4 is 10.6 Å². The van der Waals surface area contributed by atoms with Gasteiger partial charge in [0.15, 0.2) is 0 Å². The predicted molar refractivity (Wildman–Crippen MR) is 82.0 cm³/mol. The molecular formula is C17H20N2O2. The number of amides is 2. The molecule has 0 radical (unpaired) electrons. The Morgan fingerprint density at radius 1 is 1.33 bits per heavy atom. The van der Waals surface area contributed by atoms with Gasteiger partial charge in [0.2, 0.25) is 5.91 Å². The highest BCUT2D eigenvalue weighted by molar-refractivity contribution is 6.04. The molecular weight excluding hydrogens is 264 g/mol. The maximum absolute atomic E-state index is 12.3. The first-order chi connectivity index (χ1) is 10.1. The van der Waals surface area contributed by atoms with Gasteiger partial charge in [-0.3, -0.25) is 9.59 Å². The van der Waals surface area contributed by atoms with Gasteiger partial charge in [-0.25, -0.2) is 0 Å². The Morgan fingerprint density at radius 3 is 2.86 bits per heavy atom. The molecule has 1 aromatic carbocycles. The third-order valence-electron chi connectivity index (χ3n) is 4.36. The van der Waals surface area contributed by atoms with Gasteiger partial charge < -0.3 is 10.6 Å². The molecule has 1 atom stereocenters. The molecule has 0 aromatic heterocycles. The topological polar surface area (TPSA) is 58.2 Å². The molecule has 4 heteroatoms. The Balaban J connectivity index is 1.73. The normalized spacial score (nSPS) is 21.6. The maximum Gasteiger partial charge on any atom is 0.251 e. The Morgan fingerprint density at radius 2 is 2.19 bits per heavy atom. The van der Waals surface area contributed by atoms with Crippen molar-refractivity contribution in [1.29, 1.82) is 0 Å². The van der Waals surface area contributed by atoms with Crippen LogP contribution in [0.5, 0.6) is 0 Å². The van der Waals surface area contributed by atoms with E-state index in [-0.39, 0.29) is 17.7 Å². The van der Waals surface area contributed by atoms with Crippen LogP contribution in [0.3, 0.4) is 0 Å². The van der Waals surface area contributed by atoms with Crippen molar-refractivity contribution in [3.05, 3.63) is 41.0 Å². The zero-order valence-electron chi connectivity index (χ0n) is 12.2. The number of rotatable bonds is 3. The summed E-state index contributed by atoms with van der Waals surface area (Å²) in [4.78, 5) is 23.6. The highest BCUT2D eigenvalue weighted by Crippen LogP contribution is 2.28. The van der Waals surface area contributed by atoms with Crippen molar-refractivity contribution in [3.63, 3.8) is 0 Å². The smallest absolute Gasteiger partial charge is 0.251 e. The summed E-state index contributed by atoms with van der Waals surface area (Å²) in [5.74, 6) is 0.325. The van der Waals surface area contributed by atoms with Gasteiger partial charge in [0.25, 0.3) is 5.91 Å². The Hall–Kier alpha value is -2.10. The summed E-state index contributed by atoms with van der Waals surface area (Å²) in [6.07, 6.45) is 3.50. The second-order valence-electron chi connectivity index (χ2n) is 5.90. The van der Waals surface area contributed by atoms with Crippen LogP contribution in [0, 0.1) is 0 Å². The molecule has 21 heavy (non-hydrogen) atoms. The third-order valence-corrected chi connectivity index (χ3v) is 4.36. The monoisotopic (exact) mass is 284 g/mol. The van der Waals surface area contributed by atoms with Gasteiger partial charge in [0.1, 0.15) is 0 Å². The lowest BCUT2D eigenvalue weighted by Gasteiger charge is -2.11. The van der Waals surface area contributed by atoms with E-state index in [0.29, 0.717) is 13.0 Å². The number of nitrogens with one attached hydrogen (secondary N) is 2. The first-order valence-electron chi connectivity index (χ1n) is 7.50. The highest BCUT2D eigenvalue weighted by atomic mass is 16.2. The molecule has 1 aliphatic heterocycles. The van der Waals surface area contributed by atoms with Crippen LogP contribution >= 0.6 is 0 Å². The summed E-state index contributed by atoms with van der Waals surface area (Å²) in [6, 6.07) is 7.83. The maximum atomic E-state index is 12.3. The fourth-order valence-corrected chi connectivity index (χ4v) is 3.12. The molecule has 110 valence electrons. The van der Waals surface area contributed by atoms with E-state index in [2.05, 4.69) is 10.6 Å². The van der Waals surface area contributed by atoms with Crippen LogP contribution in [0.2, 0.25) is 0 Å². The molecule has 0 unspecified atom stereocenters. The number of hydrogen-bond donors (Lipinski definition) is 2. The van der Waals surface area contributed by atoms with Crippen molar-refractivity contribution in [3.8, 4) is 0 Å². The quantitative estimate of drug-likeness (QED) is 0.896. The average Bonchev–Trinajstić information content (AvgIpc) is 3.08. The van der Waals surface area contributed by atoms with Gasteiger partial charge in [-0.15, -0.1) is 0 Å². The minimum absolute atomic E-state index is 0.0165. The van der Waals surface area contributed by atoms with Gasteiger partial charge in [-0.1, -0.05) is 17.7 Å². The zero-order chi connectivity index (χ0) is 14.8. The van der Waals surface area contributed by atoms with Gasteiger partial charge in [0.05, 0.1) is 0 Å². The van der Waals surface area contributed by atoms with Crippen LogP contribution in [0.4, 0.5) is 5.69 Å². The van der Waals surface area contributed by atoms with Gasteiger partial charge >= 0.3 is 0 Å². The summed E-state index contributed by atoms with van der Waals surface area (Å²) < 4.78 is 0. The van der Waals surface area contributed by atoms with Gasteiger partial charge in [0, 0.05) is 30.1 Å². The standard InChI is InChI=1S/C17H20N2O2/c1-11-4-2-7-15(11)17(21)19-14-6-3-5-12(8-14)13-9-16(20)18-10-13/h3,5-6,8,13H,2,4,7,9-10H2,1H3,(H,18,20)(H,19,21)/t13-/m0/s1. The van der Waals surface area contributed by atoms with Crippen LogP contribution in [0.15, 0.2) is 35.4 Å². The largest absolute Gasteiger partial charge is 0.355 e. The van der Waals surface area contributed by atoms with Crippen molar-refractivity contribution in [2.75, 3.05) is 11.9 Å². The van der Waals surface area contributed by atoms with Crippen molar-refractivity contribution in [2.24, 2.45) is 0 Å². The fourth-order valence-electron chi connectivity index (χ4n) is 3.12. The van der Waals surface area contributed by atoms with Crippen molar-refractivity contribution in [1.82, 2.24) is 5.32 Å². The lowest BCUT2D eigenvalue weighted by Crippen LogP contribution is -2.15. The van der Waals surface area contributed by atoms with Crippen molar-refractivity contribution in [2.45, 2.75) is 38.5 Å². The average molecular weight is 284 g/mol. The SMILES string of the molecule is CC1=C(C(=O)Nc2cccc([C@@H]3CNC(=O)C3)c2)CCC1. The minimum atomic E-state index is 0.0165. The van der Waals surface area contributed by atoms with E-state index in [1.807, 2.05) is 31.2 Å². The van der Waals surface area contributed by atoms with E-state index in [1.54, 1.807) is 0 Å². The lowest BCUT2D eigenvalue weighted by atomic mass is 9.98. The lowest BCUT2D eigenvalue weighted by molar-refractivity contribution is -0.119. The van der Waals surface area contributed by atoms with Crippen molar-refractivity contribution >= 4 is 17.5 Å². The Kier molecular flexibility index (Phi) is 3.78. The molecule has 1 fully saturated rings. The third kappa shape index (κ3) is 2.99. The van der Waals surface area contributed by atoms with E-state index < -0.39 is 0 Å². The number of carbonyl (C=O) groups is 2. The molecule has 2 N–H and O–H groups in total. The number of allylic oxidation sites excluding steroid dienone is 1. The molecule has 0 bridgehead atoms. The molecule has 2 amide bonds. The molecule has 1 aromatic rings. The molecule has 0 saturated carbocycles. The van der Waals surface area contributed by atoms with Crippen LogP contribution in [-0.2, 0) is 9.59 Å². The molecule has 2 aliphatic rings. The number of hydrogen-bond acceptors (Lipinski definition) is 2. The van der Waals surface area contributed by atoms with Crippen LogP contribution in [0.1, 0.15) is 44.1 Å². The number of anilines is 1. The molecule has 0 spiro atoms. The van der Waals surface area contributed by atoms with E-state index >= 15 is 0 Å². The van der Waals surface area contributed by atoms with Crippen LogP contribution in [-0.4, -0.2) is 18.4 Å². The summed E-state index contributed by atoms with van der Waals surface area (Å²) in [5, 5.41) is 5.83. The Labute approximate surface area is 124 Å². The summed E-state index contributed by atoms with van der Waals surface area (Å²) in [6.45, 7) is 2.72. The van der Waals surface area contributed by atoms with E-state index in [1.165, 1.54) is 5.57 Å². The van der Waals surface area contributed by atoms with E-state index in [0.717, 1.165) is 36.1 Å². The summed E-state index contributed by atoms with van der Waals surface area (Å²) in [5.41, 5.74) is 4.04. The molecule has 1 aliphatic carbocycles. The second-order valence-corrected chi connectivity index (χ2v) is 5.90. The second kappa shape index (κ2) is 5.72. The molecule has 1 heterocycles. The summed E-state index contributed by atoms with van der Waals surface area (Å²) >= 11 is 0. The summed E-state index contributed by atoms with van der Waals surface area (Å²) in [7, 11) is 0. The first kappa shape index (κ1) is 13.9. The number of carbonyl (C=O) groups excluding carboxylic acids is 2. The molecule has 3 rings (SSSR count). The fraction of sp³-hybridized carbons (Fsp3) is 0.412. The van der Waals surface area contributed by atoms with Gasteiger partial charge in [-0.2, -0.15) is 0 Å². The highest BCUT2D eigenvalue weighted by Gasteiger charge is 2.23. The minimum Gasteiger partial charge on any atom is -0.355 e. The molecule has 1 saturated heterocycles. The zero-order valence-corrected chi connectivity index (χ0v) is 12.2. The van der Waals surface area contributed by atoms with Crippen molar-refractivity contribution < 1.29 is 9.59 Å². The van der Waals surface area contributed by atoms with E-state index in [4.69, 9.17) is 0 Å².